The zero-order valence-corrected chi connectivity index (χ0v) is 14.0. The van der Waals surface area contributed by atoms with Crippen molar-refractivity contribution < 1.29 is 0 Å². The first-order chi connectivity index (χ1) is 9.85. The van der Waals surface area contributed by atoms with E-state index in [0.717, 1.165) is 13.0 Å². The lowest BCUT2D eigenvalue weighted by Crippen LogP contribution is -2.21. The predicted molar refractivity (Wildman–Crippen MR) is 94.0 cm³/mol. The van der Waals surface area contributed by atoms with Crippen LogP contribution in [0.1, 0.15) is 56.4 Å². The van der Waals surface area contributed by atoms with Crippen LogP contribution < -0.4 is 5.32 Å². The Morgan fingerprint density at radius 2 is 2.20 bits per heavy atom. The van der Waals surface area contributed by atoms with Crippen molar-refractivity contribution in [3.8, 4) is 0 Å². The molecule has 3 heteroatoms. The van der Waals surface area contributed by atoms with E-state index in [9.17, 15) is 0 Å². The molecule has 1 N–H and O–H groups in total. The van der Waals surface area contributed by atoms with Crippen LogP contribution in [0.4, 0.5) is 0 Å². The first-order valence-corrected chi connectivity index (χ1v) is 9.36. The minimum absolute atomic E-state index is 0.545. The van der Waals surface area contributed by atoms with E-state index >= 15 is 0 Å². The molecule has 0 amide bonds. The molecule has 1 atom stereocenters. The van der Waals surface area contributed by atoms with Crippen molar-refractivity contribution in [3.05, 3.63) is 35.0 Å². The van der Waals surface area contributed by atoms with Gasteiger partial charge in [0.25, 0.3) is 0 Å². The standard InChI is InChI=1S/C17H25NS2/c1-3-5-6-7-8-9-14(18-11-4-2)16-13-17-15(20-16)10-12-19-17/h3,10,12-14,18H,1,4-9,11H2,2H3. The minimum Gasteiger partial charge on any atom is -0.309 e. The maximum atomic E-state index is 3.79. The van der Waals surface area contributed by atoms with Crippen LogP contribution in [-0.2, 0) is 0 Å². The highest BCUT2D eigenvalue weighted by molar-refractivity contribution is 7.26. The molecule has 0 fully saturated rings. The maximum Gasteiger partial charge on any atom is 0.0454 e. The number of fused-ring (bicyclic) bond motifs is 1. The van der Waals surface area contributed by atoms with Crippen molar-refractivity contribution in [2.24, 2.45) is 0 Å². The quantitative estimate of drug-likeness (QED) is 0.410. The van der Waals surface area contributed by atoms with Crippen LogP contribution in [0.3, 0.4) is 0 Å². The van der Waals surface area contributed by atoms with E-state index in [1.54, 1.807) is 0 Å². The largest absolute Gasteiger partial charge is 0.309 e. The molecule has 2 aromatic rings. The number of nitrogens with one attached hydrogen (secondary N) is 1. The van der Waals surface area contributed by atoms with Gasteiger partial charge in [0.15, 0.2) is 0 Å². The summed E-state index contributed by atoms with van der Waals surface area (Å²) in [7, 11) is 0. The molecular formula is C17H25NS2. The van der Waals surface area contributed by atoms with E-state index in [2.05, 4.69) is 36.3 Å². The molecule has 0 saturated heterocycles. The van der Waals surface area contributed by atoms with E-state index in [0.29, 0.717) is 6.04 Å². The number of rotatable bonds is 10. The molecule has 0 saturated carbocycles. The molecule has 0 radical (unpaired) electrons. The molecule has 2 heterocycles. The Morgan fingerprint density at radius 1 is 1.30 bits per heavy atom. The molecule has 0 aliphatic carbocycles. The third kappa shape index (κ3) is 4.44. The Hall–Kier alpha value is -0.640. The minimum atomic E-state index is 0.545. The van der Waals surface area contributed by atoms with Gasteiger partial charge in [-0.25, -0.2) is 0 Å². The van der Waals surface area contributed by atoms with Crippen molar-refractivity contribution in [1.82, 2.24) is 5.32 Å². The van der Waals surface area contributed by atoms with Gasteiger partial charge in [-0.3, -0.25) is 0 Å². The molecule has 1 nitrogen and oxygen atoms in total. The van der Waals surface area contributed by atoms with Crippen molar-refractivity contribution in [3.63, 3.8) is 0 Å². The normalized spacial score (nSPS) is 12.8. The monoisotopic (exact) mass is 307 g/mol. The van der Waals surface area contributed by atoms with Crippen LogP contribution >= 0.6 is 22.7 Å². The highest BCUT2D eigenvalue weighted by Crippen LogP contribution is 2.35. The maximum absolute atomic E-state index is 3.79. The van der Waals surface area contributed by atoms with Gasteiger partial charge in [0.05, 0.1) is 0 Å². The smallest absolute Gasteiger partial charge is 0.0454 e. The molecule has 110 valence electrons. The molecular weight excluding hydrogens is 282 g/mol. The van der Waals surface area contributed by atoms with Gasteiger partial charge in [-0.2, -0.15) is 0 Å². The summed E-state index contributed by atoms with van der Waals surface area (Å²) < 4.78 is 2.89. The number of hydrogen-bond acceptors (Lipinski definition) is 3. The fraction of sp³-hybridized carbons (Fsp3) is 0.529. The van der Waals surface area contributed by atoms with Gasteiger partial charge in [0.1, 0.15) is 0 Å². The van der Waals surface area contributed by atoms with Gasteiger partial charge >= 0.3 is 0 Å². The van der Waals surface area contributed by atoms with Crippen molar-refractivity contribution in [1.29, 1.82) is 0 Å². The van der Waals surface area contributed by atoms with E-state index in [4.69, 9.17) is 0 Å². The molecule has 0 aliphatic heterocycles. The lowest BCUT2D eigenvalue weighted by Gasteiger charge is -2.17. The molecule has 0 aromatic carbocycles. The summed E-state index contributed by atoms with van der Waals surface area (Å²) in [6.45, 7) is 7.14. The summed E-state index contributed by atoms with van der Waals surface area (Å²) >= 11 is 3.82. The van der Waals surface area contributed by atoms with Crippen LogP contribution in [0.15, 0.2) is 30.2 Å². The number of unbranched alkanes of at least 4 members (excludes halogenated alkanes) is 3. The van der Waals surface area contributed by atoms with Gasteiger partial charge in [-0.05, 0) is 49.7 Å². The highest BCUT2D eigenvalue weighted by atomic mass is 32.1. The molecule has 2 aromatic heterocycles. The van der Waals surface area contributed by atoms with E-state index in [-0.39, 0.29) is 0 Å². The summed E-state index contributed by atoms with van der Waals surface area (Å²) in [6, 6.07) is 5.18. The summed E-state index contributed by atoms with van der Waals surface area (Å²) in [5, 5.41) is 5.91. The highest BCUT2D eigenvalue weighted by Gasteiger charge is 2.14. The van der Waals surface area contributed by atoms with Crippen LogP contribution in [0, 0.1) is 0 Å². The third-order valence-electron chi connectivity index (χ3n) is 3.54. The molecule has 20 heavy (non-hydrogen) atoms. The van der Waals surface area contributed by atoms with Gasteiger partial charge in [0.2, 0.25) is 0 Å². The fourth-order valence-corrected chi connectivity index (χ4v) is 4.66. The van der Waals surface area contributed by atoms with Crippen LogP contribution in [0.5, 0.6) is 0 Å². The lowest BCUT2D eigenvalue weighted by atomic mass is 10.1. The fourth-order valence-electron chi connectivity index (χ4n) is 2.43. The van der Waals surface area contributed by atoms with Gasteiger partial charge in [0, 0.05) is 20.3 Å². The summed E-state index contributed by atoms with van der Waals surface area (Å²) in [5.74, 6) is 0. The van der Waals surface area contributed by atoms with E-state index < -0.39 is 0 Å². The molecule has 1 unspecified atom stereocenters. The average molecular weight is 308 g/mol. The van der Waals surface area contributed by atoms with Crippen LogP contribution in [0.2, 0.25) is 0 Å². The van der Waals surface area contributed by atoms with Crippen molar-refractivity contribution in [2.45, 2.75) is 51.5 Å². The second-order valence-electron chi connectivity index (χ2n) is 5.23. The van der Waals surface area contributed by atoms with Crippen LogP contribution in [-0.4, -0.2) is 6.54 Å². The van der Waals surface area contributed by atoms with Gasteiger partial charge in [-0.15, -0.1) is 29.3 Å². The summed E-state index contributed by atoms with van der Waals surface area (Å²) in [4.78, 5) is 1.52. The first kappa shape index (κ1) is 15.7. The number of allylic oxidation sites excluding steroid dienone is 1. The third-order valence-corrected chi connectivity index (χ3v) is 5.75. The second-order valence-corrected chi connectivity index (χ2v) is 7.29. The van der Waals surface area contributed by atoms with Gasteiger partial charge in [-0.1, -0.05) is 25.8 Å². The first-order valence-electron chi connectivity index (χ1n) is 7.66. The molecule has 0 bridgehead atoms. The Labute approximate surface area is 130 Å². The summed E-state index contributed by atoms with van der Waals surface area (Å²) in [6.07, 6.45) is 9.54. The Kier molecular flexibility index (Phi) is 6.77. The van der Waals surface area contributed by atoms with Crippen LogP contribution in [0.25, 0.3) is 9.40 Å². The van der Waals surface area contributed by atoms with Crippen molar-refractivity contribution in [2.75, 3.05) is 6.54 Å². The molecule has 0 spiro atoms. The molecule has 0 aliphatic rings. The Bertz CT molecular complexity index is 483. The van der Waals surface area contributed by atoms with Crippen molar-refractivity contribution >= 4 is 32.1 Å². The molecule has 2 rings (SSSR count). The van der Waals surface area contributed by atoms with Gasteiger partial charge < -0.3 is 5.32 Å². The lowest BCUT2D eigenvalue weighted by molar-refractivity contribution is 0.478. The Balaban J connectivity index is 1.92. The second kappa shape index (κ2) is 8.60. The SMILES string of the molecule is C=CCCCCCC(NCCC)c1cc2sccc2s1. The zero-order valence-electron chi connectivity index (χ0n) is 12.4. The average Bonchev–Trinajstić information content (AvgIpc) is 3.03. The Morgan fingerprint density at radius 3 is 2.95 bits per heavy atom. The number of thiophene rings is 2. The number of hydrogen-bond donors (Lipinski definition) is 1. The zero-order chi connectivity index (χ0) is 14.2. The summed E-state index contributed by atoms with van der Waals surface area (Å²) in [5.41, 5.74) is 0. The topological polar surface area (TPSA) is 12.0 Å². The van der Waals surface area contributed by atoms with E-state index in [1.807, 2.05) is 28.7 Å². The van der Waals surface area contributed by atoms with E-state index in [1.165, 1.54) is 46.4 Å². The predicted octanol–water partition coefficient (Wildman–Crippen LogP) is 6.14.